The van der Waals surface area contributed by atoms with Gasteiger partial charge in [0.1, 0.15) is 5.82 Å². The first-order valence-corrected chi connectivity index (χ1v) is 21.1. The van der Waals surface area contributed by atoms with Crippen molar-refractivity contribution in [2.75, 3.05) is 29.9 Å². The van der Waals surface area contributed by atoms with Crippen LogP contribution in [0.2, 0.25) is 0 Å². The van der Waals surface area contributed by atoms with E-state index in [9.17, 15) is 28.8 Å². The maximum Gasteiger partial charge on any atom is 0.343 e. The number of piperazine rings is 1. The van der Waals surface area contributed by atoms with Gasteiger partial charge in [-0.05, 0) is 72.4 Å². The number of benzene rings is 3. The van der Waals surface area contributed by atoms with Crippen molar-refractivity contribution in [3.63, 3.8) is 0 Å². The van der Waals surface area contributed by atoms with Crippen LogP contribution < -0.4 is 15.5 Å². The van der Waals surface area contributed by atoms with E-state index in [-0.39, 0.29) is 53.8 Å². The normalized spacial score (nSPS) is 21.1. The minimum absolute atomic E-state index is 0.00614. The lowest BCUT2D eigenvalue weighted by Gasteiger charge is -2.35. The molecule has 2 aromatic heterocycles. The number of hydrazine groups is 1. The zero-order valence-electron chi connectivity index (χ0n) is 32.5. The summed E-state index contributed by atoms with van der Waals surface area (Å²) in [6, 6.07) is 14.9. The minimum atomic E-state index is -1.06. The van der Waals surface area contributed by atoms with E-state index in [1.165, 1.54) is 22.3 Å². The number of aromatic nitrogens is 3. The van der Waals surface area contributed by atoms with Crippen LogP contribution in [0, 0.1) is 5.82 Å². The molecule has 0 spiro atoms. The molecule has 7 amide bonds. The van der Waals surface area contributed by atoms with Crippen molar-refractivity contribution in [2.24, 2.45) is 0 Å². The van der Waals surface area contributed by atoms with Gasteiger partial charge in [-0.1, -0.05) is 18.2 Å². The number of fused-ring (bicyclic) bond motifs is 5. The predicted octanol–water partition coefficient (Wildman–Crippen LogP) is 4.34. The number of imidazole rings is 1. The third-order valence-electron chi connectivity index (χ3n) is 12.8. The minimum Gasteiger partial charge on any atom is -0.366 e. The number of hydrogen-bond acceptors (Lipinski definition) is 11. The Balaban J connectivity index is 0.768. The number of nitrogens with zero attached hydrogens (tertiary/aromatic N) is 8. The first kappa shape index (κ1) is 37.2. The molecule has 5 aromatic rings. The Bertz CT molecular complexity index is 2720. The molecule has 8 heterocycles. The van der Waals surface area contributed by atoms with Gasteiger partial charge in [-0.2, -0.15) is 5.01 Å². The summed E-state index contributed by atoms with van der Waals surface area (Å²) >= 11 is 1.27. The second kappa shape index (κ2) is 14.2. The fraction of sp³-hybridized carbons (Fsp3) is 0.302. The summed E-state index contributed by atoms with van der Waals surface area (Å²) in [6.07, 6.45) is 5.88. The lowest BCUT2D eigenvalue weighted by molar-refractivity contribution is -0.123. The van der Waals surface area contributed by atoms with Gasteiger partial charge in [0.15, 0.2) is 11.2 Å². The molecule has 6 aliphatic rings. The molecular formula is C43H37FN10O6S. The maximum absolute atomic E-state index is 16.0. The van der Waals surface area contributed by atoms with Gasteiger partial charge in [0, 0.05) is 78.8 Å². The number of halogens is 1. The highest BCUT2D eigenvalue weighted by Crippen LogP contribution is 2.40. The Hall–Kier alpha value is -6.79. The third-order valence-corrected chi connectivity index (χ3v) is 13.5. The largest absolute Gasteiger partial charge is 0.366 e. The number of likely N-dealkylation sites (tertiary alicyclic amines) is 1. The zero-order chi connectivity index (χ0) is 41.7. The highest BCUT2D eigenvalue weighted by atomic mass is 32.1. The molecule has 0 saturated carbocycles. The Morgan fingerprint density at radius 3 is 2.49 bits per heavy atom. The molecule has 1 unspecified atom stereocenters. The molecule has 3 fully saturated rings. The lowest BCUT2D eigenvalue weighted by atomic mass is 9.99. The summed E-state index contributed by atoms with van der Waals surface area (Å²) in [6.45, 7) is 2.83. The van der Waals surface area contributed by atoms with Gasteiger partial charge in [-0.3, -0.25) is 39.5 Å². The van der Waals surface area contributed by atoms with Gasteiger partial charge in [0.2, 0.25) is 5.91 Å². The Labute approximate surface area is 351 Å². The average molecular weight is 841 g/mol. The summed E-state index contributed by atoms with van der Waals surface area (Å²) < 4.78 is 18.0. The molecule has 11 rings (SSSR count). The first-order chi connectivity index (χ1) is 29.6. The first-order valence-electron chi connectivity index (χ1n) is 20.2. The average Bonchev–Trinajstić information content (AvgIpc) is 4.13. The number of amides is 7. The van der Waals surface area contributed by atoms with Gasteiger partial charge in [0.25, 0.3) is 23.6 Å². The maximum atomic E-state index is 16.0. The van der Waals surface area contributed by atoms with E-state index in [2.05, 4.69) is 30.4 Å². The molecule has 3 saturated heterocycles. The van der Waals surface area contributed by atoms with Crippen molar-refractivity contribution < 1.29 is 33.2 Å². The number of nitrogens with one attached hydrogen (secondary N) is 2. The molecule has 18 heteroatoms. The fourth-order valence-corrected chi connectivity index (χ4v) is 10.4. The van der Waals surface area contributed by atoms with Crippen LogP contribution in [0.1, 0.15) is 78.9 Å². The van der Waals surface area contributed by atoms with Crippen molar-refractivity contribution in [2.45, 2.75) is 63.4 Å². The number of hydrogen-bond donors (Lipinski definition) is 2. The molecule has 61 heavy (non-hydrogen) atoms. The molecule has 3 aromatic carbocycles. The number of urea groups is 1. The second-order valence-corrected chi connectivity index (χ2v) is 17.1. The Morgan fingerprint density at radius 2 is 1.72 bits per heavy atom. The van der Waals surface area contributed by atoms with Crippen LogP contribution in [0.5, 0.6) is 0 Å². The zero-order valence-corrected chi connectivity index (χ0v) is 33.4. The van der Waals surface area contributed by atoms with E-state index in [1.54, 1.807) is 36.1 Å². The van der Waals surface area contributed by atoms with Crippen LogP contribution >= 0.6 is 11.3 Å². The Kier molecular flexibility index (Phi) is 8.64. The number of carbonyl (C=O) groups is 6. The van der Waals surface area contributed by atoms with E-state index >= 15 is 4.39 Å². The van der Waals surface area contributed by atoms with Gasteiger partial charge in [-0.15, -0.1) is 11.3 Å². The van der Waals surface area contributed by atoms with Gasteiger partial charge in [0.05, 0.1) is 36.2 Å². The lowest BCUT2D eigenvalue weighted by Crippen LogP contribution is -2.58. The molecular weight excluding hydrogens is 804 g/mol. The third kappa shape index (κ3) is 6.10. The van der Waals surface area contributed by atoms with Crippen LogP contribution in [-0.4, -0.2) is 102 Å². The van der Waals surface area contributed by atoms with Crippen LogP contribution in [0.15, 0.2) is 72.5 Å². The van der Waals surface area contributed by atoms with E-state index in [0.717, 1.165) is 71.4 Å². The van der Waals surface area contributed by atoms with Gasteiger partial charge >= 0.3 is 6.03 Å². The summed E-state index contributed by atoms with van der Waals surface area (Å²) in [4.78, 5) is 93.5. The number of rotatable bonds is 9. The summed E-state index contributed by atoms with van der Waals surface area (Å²) in [5, 5.41) is 8.96. The molecule has 3 atom stereocenters. The monoisotopic (exact) mass is 840 g/mol. The molecule has 2 bridgehead atoms. The number of imide groups is 2. The number of carbonyl (C=O) groups excluding carboxylic acids is 6. The van der Waals surface area contributed by atoms with Crippen molar-refractivity contribution in [1.29, 1.82) is 0 Å². The van der Waals surface area contributed by atoms with Crippen LogP contribution in [-0.2, 0) is 35.6 Å². The summed E-state index contributed by atoms with van der Waals surface area (Å²) in [5.74, 6) is -3.03. The second-order valence-electron chi connectivity index (χ2n) is 16.2. The molecule has 0 aliphatic carbocycles. The van der Waals surface area contributed by atoms with E-state index in [1.807, 2.05) is 34.9 Å². The van der Waals surface area contributed by atoms with Crippen molar-refractivity contribution >= 4 is 57.7 Å². The predicted molar refractivity (Wildman–Crippen MR) is 217 cm³/mol. The molecule has 16 nitrogen and oxygen atoms in total. The quantitative estimate of drug-likeness (QED) is 0.204. The SMILES string of the molecule is O=C1CCN(N2C(=O)c3ccc(CN4C[C@@H]5C[C@H]4CN5c4ccc(-c5cc(F)c6c(c5)C(=O)N(C(C(=O)Nc5nccs5)c5ncn7c5CCC7)C6)cc4)cc3C2=O)C(=O)N1. The van der Waals surface area contributed by atoms with Crippen LogP contribution in [0.25, 0.3) is 11.1 Å². The van der Waals surface area contributed by atoms with Crippen molar-refractivity contribution in [3.8, 4) is 11.1 Å². The van der Waals surface area contributed by atoms with Gasteiger partial charge in [-0.25, -0.2) is 24.2 Å². The number of thiazole rings is 1. The van der Waals surface area contributed by atoms with Crippen molar-refractivity contribution in [3.05, 3.63) is 118 Å². The number of aryl methyl sites for hydroxylation is 1. The topological polar surface area (TPSA) is 173 Å². The molecule has 6 aliphatic heterocycles. The molecule has 2 N–H and O–H groups in total. The summed E-state index contributed by atoms with van der Waals surface area (Å²) in [7, 11) is 0. The van der Waals surface area contributed by atoms with Crippen LogP contribution in [0.4, 0.5) is 20.0 Å². The molecule has 0 radical (unpaired) electrons. The number of anilines is 2. The van der Waals surface area contributed by atoms with E-state index in [0.29, 0.717) is 22.9 Å². The Morgan fingerprint density at radius 1 is 0.885 bits per heavy atom. The fourth-order valence-electron chi connectivity index (χ4n) is 9.84. The molecule has 308 valence electrons. The van der Waals surface area contributed by atoms with Crippen molar-refractivity contribution in [1.82, 2.24) is 39.7 Å². The van der Waals surface area contributed by atoms with E-state index in [4.69, 9.17) is 0 Å². The van der Waals surface area contributed by atoms with Crippen LogP contribution in [0.3, 0.4) is 0 Å². The highest BCUT2D eigenvalue weighted by Gasteiger charge is 2.46. The highest BCUT2D eigenvalue weighted by molar-refractivity contribution is 7.13. The standard InChI is InChI=1S/C43H37FN10O6S/c44-33-16-25(15-31-32(33)21-52(39(31)57)37(38(56)48-42-45-10-13-61-42)36-34-2-1-11-49(34)22-46-36)24-4-6-26(7-5-24)51-20-27-17-28(51)19-50(27)18-23-3-8-29-30(14-23)41(59)54(40(29)58)53-12-9-35(55)47-43(53)60/h3-8,10,13-16,22,27-28,37H,1-2,9,11-12,17-21H2,(H,45,48,56)(H,47,55,60)/t27-,28-,37?/m0/s1. The van der Waals surface area contributed by atoms with Gasteiger partial charge < -0.3 is 14.4 Å². The summed E-state index contributed by atoms with van der Waals surface area (Å²) in [5.41, 5.74) is 5.56. The smallest absolute Gasteiger partial charge is 0.343 e. The van der Waals surface area contributed by atoms with E-state index < -0.39 is 47.4 Å².